The highest BCUT2D eigenvalue weighted by Crippen LogP contribution is 2.37. The van der Waals surface area contributed by atoms with E-state index in [1.54, 1.807) is 11.1 Å². The van der Waals surface area contributed by atoms with Crippen molar-refractivity contribution in [3.8, 4) is 11.5 Å². The molecule has 3 rings (SSSR count). The van der Waals surface area contributed by atoms with Crippen molar-refractivity contribution in [3.63, 3.8) is 0 Å². The summed E-state index contributed by atoms with van der Waals surface area (Å²) in [6.07, 6.45) is 2.49. The Morgan fingerprint density at radius 2 is 2.14 bits per heavy atom. The van der Waals surface area contributed by atoms with E-state index in [2.05, 4.69) is 11.6 Å². The van der Waals surface area contributed by atoms with E-state index in [0.717, 1.165) is 12.0 Å². The number of aliphatic imine (C=N–C) groups is 1. The van der Waals surface area contributed by atoms with Gasteiger partial charge < -0.3 is 14.7 Å². The van der Waals surface area contributed by atoms with E-state index in [0.29, 0.717) is 17.8 Å². The number of phenolic OH excluding ortho intramolecular Hbond substituents is 1. The molecule has 1 atom stereocenters. The van der Waals surface area contributed by atoms with E-state index < -0.39 is 0 Å². The Hall–Kier alpha value is -2.30. The first kappa shape index (κ1) is 15.1. The van der Waals surface area contributed by atoms with Gasteiger partial charge in [0, 0.05) is 18.8 Å². The number of aromatic hydroxyl groups is 1. The largest absolute Gasteiger partial charge is 0.504 e. The number of hydrogen-bond donors (Lipinski definition) is 1. The highest BCUT2D eigenvalue weighted by atomic mass is 16.5. The molecule has 0 aliphatic carbocycles. The van der Waals surface area contributed by atoms with E-state index in [4.69, 9.17) is 4.74 Å². The molecule has 21 heavy (non-hydrogen) atoms. The second-order valence-corrected chi connectivity index (χ2v) is 4.77. The van der Waals surface area contributed by atoms with Crippen LogP contribution < -0.4 is 4.74 Å². The van der Waals surface area contributed by atoms with Gasteiger partial charge in [0.1, 0.15) is 0 Å². The van der Waals surface area contributed by atoms with Crippen LogP contribution in [0, 0.1) is 0 Å². The molecular weight excluding hydrogens is 268 g/mol. The molecule has 5 nitrogen and oxygen atoms in total. The van der Waals surface area contributed by atoms with Gasteiger partial charge in [0.15, 0.2) is 11.5 Å². The van der Waals surface area contributed by atoms with Crippen LogP contribution in [0.1, 0.15) is 30.6 Å². The van der Waals surface area contributed by atoms with Crippen LogP contribution in [0.4, 0.5) is 5.69 Å². The minimum Gasteiger partial charge on any atom is -0.504 e. The number of nitrogens with zero attached hydrogens (tertiary/aromatic N) is 2. The number of rotatable bonds is 1. The van der Waals surface area contributed by atoms with Crippen molar-refractivity contribution in [3.05, 3.63) is 29.8 Å². The molecule has 0 bridgehead atoms. The molecule has 0 aromatic heterocycles. The van der Waals surface area contributed by atoms with Crippen LogP contribution in [0.3, 0.4) is 0 Å². The molecule has 5 heteroatoms. The van der Waals surface area contributed by atoms with Crippen LogP contribution in [0.2, 0.25) is 0 Å². The van der Waals surface area contributed by atoms with Gasteiger partial charge in [0.2, 0.25) is 0 Å². The lowest BCUT2D eigenvalue weighted by Crippen LogP contribution is -2.35. The molecule has 112 valence electrons. The maximum absolute atomic E-state index is 12.5. The fourth-order valence-corrected chi connectivity index (χ4v) is 2.50. The zero-order chi connectivity index (χ0) is 15.6. The number of amides is 1. The Morgan fingerprint density at radius 3 is 2.81 bits per heavy atom. The van der Waals surface area contributed by atoms with E-state index in [1.807, 2.05) is 13.8 Å². The Balaban J connectivity index is 0.000000774. The lowest BCUT2D eigenvalue weighted by atomic mass is 10.1. The molecule has 1 aromatic carbocycles. The number of carbonyl (C=O) groups excluding carboxylic acids is 1. The fourth-order valence-electron chi connectivity index (χ4n) is 2.50. The van der Waals surface area contributed by atoms with Gasteiger partial charge >= 0.3 is 0 Å². The van der Waals surface area contributed by atoms with E-state index in [1.165, 1.54) is 19.2 Å². The van der Waals surface area contributed by atoms with Crippen LogP contribution in [-0.4, -0.2) is 41.8 Å². The number of benzene rings is 1. The summed E-state index contributed by atoms with van der Waals surface area (Å²) in [6.45, 7) is 8.48. The molecule has 0 radical (unpaired) electrons. The van der Waals surface area contributed by atoms with Crippen molar-refractivity contribution >= 4 is 17.8 Å². The van der Waals surface area contributed by atoms with Crippen molar-refractivity contribution in [1.82, 2.24) is 4.90 Å². The number of carbonyl (C=O) groups is 1. The summed E-state index contributed by atoms with van der Waals surface area (Å²) < 4.78 is 5.04. The third-order valence-electron chi connectivity index (χ3n) is 3.47. The fraction of sp³-hybridized carbons (Fsp3) is 0.375. The van der Waals surface area contributed by atoms with E-state index in [9.17, 15) is 9.90 Å². The lowest BCUT2D eigenvalue weighted by Gasteiger charge is -2.19. The second-order valence-electron chi connectivity index (χ2n) is 4.77. The number of phenols is 1. The molecule has 1 unspecified atom stereocenters. The summed E-state index contributed by atoms with van der Waals surface area (Å²) in [5.41, 5.74) is 1.95. The van der Waals surface area contributed by atoms with Crippen molar-refractivity contribution in [2.45, 2.75) is 26.3 Å². The molecule has 2 aliphatic rings. The normalized spacial score (nSPS) is 19.4. The van der Waals surface area contributed by atoms with Crippen LogP contribution >= 0.6 is 0 Å². The van der Waals surface area contributed by atoms with Gasteiger partial charge in [0.25, 0.3) is 5.91 Å². The topological polar surface area (TPSA) is 62.1 Å². The summed E-state index contributed by atoms with van der Waals surface area (Å²) in [4.78, 5) is 18.6. The highest BCUT2D eigenvalue weighted by Gasteiger charge is 2.33. The van der Waals surface area contributed by atoms with Gasteiger partial charge in [-0.25, -0.2) is 0 Å². The lowest BCUT2D eigenvalue weighted by molar-refractivity contribution is 0.0777. The van der Waals surface area contributed by atoms with E-state index >= 15 is 0 Å². The summed E-state index contributed by atoms with van der Waals surface area (Å²) >= 11 is 0. The average molecular weight is 288 g/mol. The number of methoxy groups -OCH3 is 1. The average Bonchev–Trinajstić information content (AvgIpc) is 2.82. The number of hydrogen-bond acceptors (Lipinski definition) is 4. The molecule has 1 aromatic rings. The van der Waals surface area contributed by atoms with Crippen molar-refractivity contribution in [1.29, 1.82) is 0 Å². The standard InChI is InChI=1S/C14H14N2O3.C2H6/c1-8-3-9-6-15-11-5-12(17)13(19-2)4-10(11)14(18)16(9)7-8;1-2/h4-6,9,17H,1,3,7H2,2H3;1-2H3. The van der Waals surface area contributed by atoms with Crippen molar-refractivity contribution in [2.75, 3.05) is 13.7 Å². The number of ether oxygens (including phenoxy) is 1. The molecule has 2 heterocycles. The van der Waals surface area contributed by atoms with Crippen LogP contribution in [0.5, 0.6) is 11.5 Å². The van der Waals surface area contributed by atoms with Crippen molar-refractivity contribution < 1.29 is 14.6 Å². The minimum absolute atomic E-state index is 0.0160. The molecule has 1 saturated heterocycles. The van der Waals surface area contributed by atoms with Gasteiger partial charge in [-0.2, -0.15) is 0 Å². The Kier molecular flexibility index (Phi) is 4.31. The highest BCUT2D eigenvalue weighted by molar-refractivity contribution is 6.03. The molecule has 1 fully saturated rings. The quantitative estimate of drug-likeness (QED) is 0.808. The smallest absolute Gasteiger partial charge is 0.257 e. The third-order valence-corrected chi connectivity index (χ3v) is 3.47. The van der Waals surface area contributed by atoms with Crippen LogP contribution in [-0.2, 0) is 0 Å². The minimum atomic E-state index is -0.102. The first-order valence-electron chi connectivity index (χ1n) is 7.03. The zero-order valence-electron chi connectivity index (χ0n) is 12.6. The summed E-state index contributed by atoms with van der Waals surface area (Å²) in [6, 6.07) is 2.95. The number of fused-ring (bicyclic) bond motifs is 2. The zero-order valence-corrected chi connectivity index (χ0v) is 12.6. The molecule has 0 saturated carbocycles. The van der Waals surface area contributed by atoms with Gasteiger partial charge in [-0.3, -0.25) is 9.79 Å². The second kappa shape index (κ2) is 5.99. The SMILES string of the molecule is C=C1CC2C=Nc3cc(O)c(OC)cc3C(=O)N2C1.CC. The van der Waals surface area contributed by atoms with Crippen LogP contribution in [0.25, 0.3) is 0 Å². The Labute approximate surface area is 124 Å². The predicted molar refractivity (Wildman–Crippen MR) is 82.7 cm³/mol. The first-order valence-corrected chi connectivity index (χ1v) is 7.03. The Bertz CT molecular complexity index is 608. The summed E-state index contributed by atoms with van der Waals surface area (Å²) in [7, 11) is 1.45. The van der Waals surface area contributed by atoms with Gasteiger partial charge in [-0.05, 0) is 12.5 Å². The maximum atomic E-state index is 12.5. The molecule has 0 spiro atoms. The molecular formula is C16H20N2O3. The molecule has 2 aliphatic heterocycles. The first-order chi connectivity index (χ1) is 10.1. The van der Waals surface area contributed by atoms with Gasteiger partial charge in [-0.1, -0.05) is 26.0 Å². The van der Waals surface area contributed by atoms with Crippen LogP contribution in [0.15, 0.2) is 29.3 Å². The molecule has 1 amide bonds. The monoisotopic (exact) mass is 288 g/mol. The summed E-state index contributed by atoms with van der Waals surface area (Å²) in [5.74, 6) is 0.158. The predicted octanol–water partition coefficient (Wildman–Crippen LogP) is 2.91. The van der Waals surface area contributed by atoms with Crippen molar-refractivity contribution in [2.24, 2.45) is 4.99 Å². The van der Waals surface area contributed by atoms with Gasteiger partial charge in [-0.15, -0.1) is 0 Å². The Morgan fingerprint density at radius 1 is 1.43 bits per heavy atom. The molecule has 1 N–H and O–H groups in total. The van der Waals surface area contributed by atoms with E-state index in [-0.39, 0.29) is 23.4 Å². The van der Waals surface area contributed by atoms with Gasteiger partial charge in [0.05, 0.1) is 24.4 Å². The summed E-state index contributed by atoms with van der Waals surface area (Å²) in [5, 5.41) is 9.75. The third kappa shape index (κ3) is 2.63. The maximum Gasteiger partial charge on any atom is 0.257 e.